The highest BCUT2D eigenvalue weighted by Gasteiger charge is 2.15. The van der Waals surface area contributed by atoms with Crippen molar-refractivity contribution < 1.29 is 18.8 Å². The van der Waals surface area contributed by atoms with Crippen molar-refractivity contribution in [3.05, 3.63) is 36.2 Å². The van der Waals surface area contributed by atoms with Crippen LogP contribution in [-0.2, 0) is 0 Å². The van der Waals surface area contributed by atoms with Crippen LogP contribution in [0, 0.1) is 0 Å². The Morgan fingerprint density at radius 3 is 2.95 bits per heavy atom. The zero-order valence-corrected chi connectivity index (χ0v) is 10.8. The standard InChI is InChI=1S/C13H13N3O4/c1-8(10-4-5-20-16-10)14-13(17)15-9-2-3-11-12(6-9)19-7-18-11/h2-6,8H,7H2,1H3,(H2,14,15,17)/t8-/m0/s1. The number of amides is 2. The number of urea groups is 1. The van der Waals surface area contributed by atoms with E-state index in [0.717, 1.165) is 0 Å². The zero-order valence-electron chi connectivity index (χ0n) is 10.8. The van der Waals surface area contributed by atoms with E-state index in [1.807, 2.05) is 6.92 Å². The smallest absolute Gasteiger partial charge is 0.319 e. The molecule has 2 heterocycles. The first-order chi connectivity index (χ1) is 9.72. The lowest BCUT2D eigenvalue weighted by atomic mass is 10.2. The van der Waals surface area contributed by atoms with Crippen LogP contribution in [0.15, 0.2) is 35.1 Å². The van der Waals surface area contributed by atoms with E-state index in [9.17, 15) is 4.79 Å². The van der Waals surface area contributed by atoms with E-state index < -0.39 is 0 Å². The Hall–Kier alpha value is -2.70. The van der Waals surface area contributed by atoms with Crippen molar-refractivity contribution in [1.82, 2.24) is 10.5 Å². The predicted molar refractivity (Wildman–Crippen MR) is 69.6 cm³/mol. The molecule has 2 aromatic rings. The maximum Gasteiger partial charge on any atom is 0.319 e. The van der Waals surface area contributed by atoms with Gasteiger partial charge >= 0.3 is 6.03 Å². The highest BCUT2D eigenvalue weighted by Crippen LogP contribution is 2.34. The molecule has 0 fully saturated rings. The molecular formula is C13H13N3O4. The quantitative estimate of drug-likeness (QED) is 0.897. The monoisotopic (exact) mass is 275 g/mol. The molecular weight excluding hydrogens is 262 g/mol. The van der Waals surface area contributed by atoms with E-state index in [1.54, 1.807) is 24.3 Å². The van der Waals surface area contributed by atoms with E-state index in [1.165, 1.54) is 6.26 Å². The summed E-state index contributed by atoms with van der Waals surface area (Å²) < 4.78 is 15.2. The van der Waals surface area contributed by atoms with Crippen molar-refractivity contribution in [1.29, 1.82) is 0 Å². The number of hydrogen-bond acceptors (Lipinski definition) is 5. The van der Waals surface area contributed by atoms with Crippen molar-refractivity contribution in [2.75, 3.05) is 12.1 Å². The number of carbonyl (C=O) groups is 1. The minimum absolute atomic E-state index is 0.203. The van der Waals surface area contributed by atoms with Crippen LogP contribution in [0.5, 0.6) is 11.5 Å². The second-order valence-corrected chi connectivity index (χ2v) is 4.31. The van der Waals surface area contributed by atoms with Gasteiger partial charge in [-0.2, -0.15) is 0 Å². The molecule has 1 aliphatic heterocycles. The van der Waals surface area contributed by atoms with Crippen molar-refractivity contribution >= 4 is 11.7 Å². The van der Waals surface area contributed by atoms with Crippen molar-refractivity contribution in [2.45, 2.75) is 13.0 Å². The molecule has 2 amide bonds. The lowest BCUT2D eigenvalue weighted by Crippen LogP contribution is -2.31. The molecule has 7 nitrogen and oxygen atoms in total. The minimum Gasteiger partial charge on any atom is -0.454 e. The first kappa shape index (κ1) is 12.3. The summed E-state index contributed by atoms with van der Waals surface area (Å²) in [4.78, 5) is 11.9. The number of aromatic nitrogens is 1. The van der Waals surface area contributed by atoms with E-state index >= 15 is 0 Å². The summed E-state index contributed by atoms with van der Waals surface area (Å²) in [5.74, 6) is 1.29. The van der Waals surface area contributed by atoms with Crippen LogP contribution >= 0.6 is 0 Å². The van der Waals surface area contributed by atoms with Gasteiger partial charge in [0, 0.05) is 17.8 Å². The van der Waals surface area contributed by atoms with E-state index in [0.29, 0.717) is 22.9 Å². The van der Waals surface area contributed by atoms with Crippen molar-refractivity contribution in [3.8, 4) is 11.5 Å². The van der Waals surface area contributed by atoms with Gasteiger partial charge < -0.3 is 24.6 Å². The zero-order chi connectivity index (χ0) is 13.9. The molecule has 1 aromatic carbocycles. The van der Waals surface area contributed by atoms with E-state index in [2.05, 4.69) is 15.8 Å². The summed E-state index contributed by atoms with van der Waals surface area (Å²) in [6.07, 6.45) is 1.46. The number of carbonyl (C=O) groups excluding carboxylic acids is 1. The average molecular weight is 275 g/mol. The third kappa shape index (κ3) is 2.51. The van der Waals surface area contributed by atoms with Crippen molar-refractivity contribution in [3.63, 3.8) is 0 Å². The highest BCUT2D eigenvalue weighted by molar-refractivity contribution is 5.89. The molecule has 0 saturated heterocycles. The summed E-state index contributed by atoms with van der Waals surface area (Å²) in [5, 5.41) is 9.24. The van der Waals surface area contributed by atoms with E-state index in [-0.39, 0.29) is 18.9 Å². The number of anilines is 1. The summed E-state index contributed by atoms with van der Waals surface area (Å²) in [7, 11) is 0. The minimum atomic E-state index is -0.334. The van der Waals surface area contributed by atoms with Crippen LogP contribution < -0.4 is 20.1 Å². The number of benzene rings is 1. The Labute approximate surface area is 114 Å². The normalized spacial score (nSPS) is 13.8. The summed E-state index contributed by atoms with van der Waals surface area (Å²) in [6, 6.07) is 6.32. The molecule has 1 aromatic heterocycles. The Kier molecular flexibility index (Phi) is 3.16. The number of ether oxygens (including phenoxy) is 2. The molecule has 3 rings (SSSR count). The maximum absolute atomic E-state index is 11.9. The molecule has 0 saturated carbocycles. The number of hydrogen-bond donors (Lipinski definition) is 2. The maximum atomic E-state index is 11.9. The van der Waals surface area contributed by atoms with Gasteiger partial charge in [0.05, 0.1) is 6.04 Å². The predicted octanol–water partition coefficient (Wildman–Crippen LogP) is 2.29. The first-order valence-corrected chi connectivity index (χ1v) is 6.10. The number of fused-ring (bicyclic) bond motifs is 1. The number of nitrogens with one attached hydrogen (secondary N) is 2. The molecule has 1 aliphatic rings. The van der Waals surface area contributed by atoms with Crippen LogP contribution in [0.25, 0.3) is 0 Å². The van der Waals surface area contributed by atoms with Gasteiger partial charge in [-0.25, -0.2) is 4.79 Å². The topological polar surface area (TPSA) is 85.6 Å². The summed E-state index contributed by atoms with van der Waals surface area (Å²) in [6.45, 7) is 2.02. The van der Waals surface area contributed by atoms with Crippen molar-refractivity contribution in [2.24, 2.45) is 0 Å². The second kappa shape index (κ2) is 5.12. The Balaban J connectivity index is 1.61. The third-order valence-electron chi connectivity index (χ3n) is 2.88. The largest absolute Gasteiger partial charge is 0.454 e. The Morgan fingerprint density at radius 1 is 1.30 bits per heavy atom. The van der Waals surface area contributed by atoms with Crippen LogP contribution in [0.2, 0.25) is 0 Å². The molecule has 104 valence electrons. The number of rotatable bonds is 3. The van der Waals surface area contributed by atoms with Crippen LogP contribution in [0.1, 0.15) is 18.7 Å². The van der Waals surface area contributed by atoms with Gasteiger partial charge in [0.2, 0.25) is 6.79 Å². The van der Waals surface area contributed by atoms with Crippen LogP contribution in [0.3, 0.4) is 0 Å². The highest BCUT2D eigenvalue weighted by atomic mass is 16.7. The van der Waals surface area contributed by atoms with E-state index in [4.69, 9.17) is 14.0 Å². The Morgan fingerprint density at radius 2 is 2.15 bits per heavy atom. The van der Waals surface area contributed by atoms with Crippen LogP contribution in [-0.4, -0.2) is 18.0 Å². The lowest BCUT2D eigenvalue weighted by Gasteiger charge is -2.12. The van der Waals surface area contributed by atoms with Gasteiger partial charge in [-0.3, -0.25) is 0 Å². The molecule has 0 aliphatic carbocycles. The van der Waals surface area contributed by atoms with Gasteiger partial charge in [0.25, 0.3) is 0 Å². The fourth-order valence-electron chi connectivity index (χ4n) is 1.86. The molecule has 0 bridgehead atoms. The fourth-order valence-corrected chi connectivity index (χ4v) is 1.86. The SMILES string of the molecule is C[C@H](NC(=O)Nc1ccc2c(c1)OCO2)c1ccon1. The first-order valence-electron chi connectivity index (χ1n) is 6.10. The molecule has 2 N–H and O–H groups in total. The van der Waals surface area contributed by atoms with Gasteiger partial charge in [0.1, 0.15) is 12.0 Å². The van der Waals surface area contributed by atoms with Gasteiger partial charge in [-0.15, -0.1) is 0 Å². The third-order valence-corrected chi connectivity index (χ3v) is 2.88. The second-order valence-electron chi connectivity index (χ2n) is 4.31. The fraction of sp³-hybridized carbons (Fsp3) is 0.231. The van der Waals surface area contributed by atoms with Crippen LogP contribution in [0.4, 0.5) is 10.5 Å². The molecule has 0 unspecified atom stereocenters. The van der Waals surface area contributed by atoms with Gasteiger partial charge in [0.15, 0.2) is 11.5 Å². The van der Waals surface area contributed by atoms with Gasteiger partial charge in [-0.1, -0.05) is 5.16 Å². The summed E-state index contributed by atoms with van der Waals surface area (Å²) >= 11 is 0. The van der Waals surface area contributed by atoms with Gasteiger partial charge in [-0.05, 0) is 19.1 Å². The molecule has 20 heavy (non-hydrogen) atoms. The molecule has 0 radical (unpaired) electrons. The number of nitrogens with zero attached hydrogens (tertiary/aromatic N) is 1. The summed E-state index contributed by atoms with van der Waals surface area (Å²) in [5.41, 5.74) is 1.28. The lowest BCUT2D eigenvalue weighted by molar-refractivity contribution is 0.174. The molecule has 0 spiro atoms. The Bertz CT molecular complexity index is 612. The molecule has 7 heteroatoms. The average Bonchev–Trinajstić information content (AvgIpc) is 3.09. The molecule has 1 atom stereocenters.